The van der Waals surface area contributed by atoms with Gasteiger partial charge in [0.2, 0.25) is 10.0 Å². The van der Waals surface area contributed by atoms with Crippen molar-refractivity contribution in [2.45, 2.75) is 24.8 Å². The molecule has 0 aliphatic carbocycles. The average Bonchev–Trinajstić information content (AvgIpc) is 2.04. The van der Waals surface area contributed by atoms with E-state index < -0.39 is 10.0 Å². The highest BCUT2D eigenvalue weighted by molar-refractivity contribution is 7.89. The van der Waals surface area contributed by atoms with E-state index in [1.165, 1.54) is 18.5 Å². The molecule has 1 rings (SSSR count). The van der Waals surface area contributed by atoms with Crippen LogP contribution in [0.5, 0.6) is 0 Å². The van der Waals surface area contributed by atoms with Crippen LogP contribution in [0.3, 0.4) is 0 Å². The van der Waals surface area contributed by atoms with E-state index in [1.54, 1.807) is 19.9 Å². The Hall–Kier alpha value is -0.940. The molecule has 5 heteroatoms. The zero-order valence-electron chi connectivity index (χ0n) is 7.56. The first kappa shape index (κ1) is 10.1. The van der Waals surface area contributed by atoms with Gasteiger partial charge in [-0.3, -0.25) is 4.98 Å². The molecule has 0 radical (unpaired) electrons. The first-order chi connectivity index (χ1) is 6.02. The second-order valence-electron chi connectivity index (χ2n) is 2.96. The molecule has 1 aromatic rings. The van der Waals surface area contributed by atoms with Gasteiger partial charge >= 0.3 is 0 Å². The number of pyridine rings is 1. The fourth-order valence-corrected chi connectivity index (χ4v) is 2.10. The minimum absolute atomic E-state index is 0. The normalized spacial score (nSPS) is 11.9. The van der Waals surface area contributed by atoms with Crippen molar-refractivity contribution in [1.82, 2.24) is 9.71 Å². The van der Waals surface area contributed by atoms with Crippen LogP contribution in [0.4, 0.5) is 0 Å². The van der Waals surface area contributed by atoms with Crippen molar-refractivity contribution in [3.63, 3.8) is 0 Å². The first-order valence-electron chi connectivity index (χ1n) is 3.95. The van der Waals surface area contributed by atoms with Crippen LogP contribution >= 0.6 is 0 Å². The van der Waals surface area contributed by atoms with Gasteiger partial charge in [0.25, 0.3) is 0 Å². The monoisotopic (exact) mass is 202 g/mol. The molecule has 13 heavy (non-hydrogen) atoms. The quantitative estimate of drug-likeness (QED) is 0.796. The molecule has 0 aromatic carbocycles. The van der Waals surface area contributed by atoms with Crippen molar-refractivity contribution in [3.8, 4) is 0 Å². The Morgan fingerprint density at radius 1 is 1.54 bits per heavy atom. The average molecular weight is 202 g/mol. The number of hydrogen-bond donors (Lipinski definition) is 1. The van der Waals surface area contributed by atoms with Crippen LogP contribution in [-0.2, 0) is 10.0 Å². The second kappa shape index (κ2) is 3.85. The Balaban J connectivity index is 0.00000169. The van der Waals surface area contributed by atoms with Crippen molar-refractivity contribution in [3.05, 3.63) is 24.5 Å². The van der Waals surface area contributed by atoms with Gasteiger partial charge in [-0.2, -0.15) is 0 Å². The predicted octanol–water partition coefficient (Wildman–Crippen LogP) is 1.01. The molecule has 1 aromatic heterocycles. The number of sulfonamides is 1. The summed E-state index contributed by atoms with van der Waals surface area (Å²) in [4.78, 5) is 3.94. The maximum atomic E-state index is 11.5. The van der Waals surface area contributed by atoms with Crippen LogP contribution in [0.2, 0.25) is 0 Å². The van der Waals surface area contributed by atoms with Gasteiger partial charge in [-0.15, -0.1) is 0 Å². The van der Waals surface area contributed by atoms with E-state index in [0.717, 1.165) is 0 Å². The molecule has 0 saturated heterocycles. The van der Waals surface area contributed by atoms with Crippen LogP contribution < -0.4 is 4.72 Å². The minimum Gasteiger partial charge on any atom is -0.263 e. The standard InChI is InChI=1S/C8H12N2O2S.H2/c1-7(2)10-13(11,12)8-4-3-5-9-6-8;/h3-7,10H,1-2H3;1H. The summed E-state index contributed by atoms with van der Waals surface area (Å²) in [5.41, 5.74) is 0. The van der Waals surface area contributed by atoms with Gasteiger partial charge in [0.15, 0.2) is 0 Å². The zero-order valence-corrected chi connectivity index (χ0v) is 8.38. The smallest absolute Gasteiger partial charge is 0.242 e. The Bertz CT molecular complexity index is 364. The van der Waals surface area contributed by atoms with Crippen molar-refractivity contribution < 1.29 is 9.84 Å². The number of nitrogens with zero attached hydrogens (tertiary/aromatic N) is 1. The third-order valence-electron chi connectivity index (χ3n) is 1.34. The molecule has 0 spiro atoms. The van der Waals surface area contributed by atoms with Crippen molar-refractivity contribution in [1.29, 1.82) is 0 Å². The molecular formula is C8H14N2O2S. The van der Waals surface area contributed by atoms with Crippen LogP contribution in [-0.4, -0.2) is 19.4 Å². The molecule has 4 nitrogen and oxygen atoms in total. The third kappa shape index (κ3) is 2.78. The fraction of sp³-hybridized carbons (Fsp3) is 0.375. The van der Waals surface area contributed by atoms with E-state index in [0.29, 0.717) is 0 Å². The Morgan fingerprint density at radius 3 is 2.69 bits per heavy atom. The Kier molecular flexibility index (Phi) is 3.00. The maximum absolute atomic E-state index is 11.5. The van der Waals surface area contributed by atoms with E-state index in [-0.39, 0.29) is 12.4 Å². The lowest BCUT2D eigenvalue weighted by Gasteiger charge is -2.08. The van der Waals surface area contributed by atoms with E-state index in [9.17, 15) is 8.42 Å². The molecule has 0 atom stereocenters. The summed E-state index contributed by atoms with van der Waals surface area (Å²) in [6.07, 6.45) is 2.86. The van der Waals surface area contributed by atoms with E-state index >= 15 is 0 Å². The van der Waals surface area contributed by atoms with Crippen LogP contribution in [0.25, 0.3) is 0 Å². The Labute approximate surface area is 79.5 Å². The molecule has 0 aliphatic heterocycles. The topological polar surface area (TPSA) is 59.1 Å². The van der Waals surface area contributed by atoms with Crippen molar-refractivity contribution in [2.24, 2.45) is 0 Å². The number of nitrogens with one attached hydrogen (secondary N) is 1. The van der Waals surface area contributed by atoms with Gasteiger partial charge in [-0.25, -0.2) is 13.1 Å². The summed E-state index contributed by atoms with van der Waals surface area (Å²) in [5, 5.41) is 0. The molecule has 1 N–H and O–H groups in total. The summed E-state index contributed by atoms with van der Waals surface area (Å²) in [5.74, 6) is 0. The summed E-state index contributed by atoms with van der Waals surface area (Å²) in [6, 6.07) is 3.00. The van der Waals surface area contributed by atoms with Crippen LogP contribution in [0, 0.1) is 0 Å². The second-order valence-corrected chi connectivity index (χ2v) is 4.68. The van der Waals surface area contributed by atoms with E-state index in [1.807, 2.05) is 0 Å². The Morgan fingerprint density at radius 2 is 2.23 bits per heavy atom. The highest BCUT2D eigenvalue weighted by Gasteiger charge is 2.14. The van der Waals surface area contributed by atoms with Crippen LogP contribution in [0.15, 0.2) is 29.4 Å². The van der Waals surface area contributed by atoms with Crippen molar-refractivity contribution >= 4 is 10.0 Å². The summed E-state index contributed by atoms with van der Waals surface area (Å²) < 4.78 is 25.5. The van der Waals surface area contributed by atoms with Gasteiger partial charge in [0.05, 0.1) is 0 Å². The largest absolute Gasteiger partial charge is 0.263 e. The lowest BCUT2D eigenvalue weighted by molar-refractivity contribution is 0.569. The summed E-state index contributed by atoms with van der Waals surface area (Å²) in [7, 11) is -3.37. The van der Waals surface area contributed by atoms with E-state index in [4.69, 9.17) is 0 Å². The maximum Gasteiger partial charge on any atom is 0.242 e. The molecule has 74 valence electrons. The molecule has 0 bridgehead atoms. The number of aromatic nitrogens is 1. The molecule has 0 saturated carbocycles. The molecule has 1 heterocycles. The van der Waals surface area contributed by atoms with Gasteiger partial charge in [0.1, 0.15) is 4.90 Å². The van der Waals surface area contributed by atoms with Gasteiger partial charge in [0, 0.05) is 19.9 Å². The van der Waals surface area contributed by atoms with E-state index in [2.05, 4.69) is 9.71 Å². The highest BCUT2D eigenvalue weighted by Crippen LogP contribution is 2.05. The SMILES string of the molecule is CC(C)NS(=O)(=O)c1cccnc1.[HH]. The minimum atomic E-state index is -3.37. The lowest BCUT2D eigenvalue weighted by Crippen LogP contribution is -2.30. The summed E-state index contributed by atoms with van der Waals surface area (Å²) >= 11 is 0. The molecule has 0 aliphatic rings. The van der Waals surface area contributed by atoms with Gasteiger partial charge in [-0.1, -0.05) is 0 Å². The lowest BCUT2D eigenvalue weighted by atomic mass is 10.4. The predicted molar refractivity (Wildman–Crippen MR) is 51.8 cm³/mol. The van der Waals surface area contributed by atoms with Crippen LogP contribution in [0.1, 0.15) is 15.3 Å². The first-order valence-corrected chi connectivity index (χ1v) is 5.43. The third-order valence-corrected chi connectivity index (χ3v) is 2.98. The molecular weight excluding hydrogens is 188 g/mol. The number of hydrogen-bond acceptors (Lipinski definition) is 3. The van der Waals surface area contributed by atoms with Gasteiger partial charge < -0.3 is 0 Å². The molecule has 0 unspecified atom stereocenters. The fourth-order valence-electron chi connectivity index (χ4n) is 0.884. The summed E-state index contributed by atoms with van der Waals surface area (Å²) in [6.45, 7) is 3.54. The zero-order chi connectivity index (χ0) is 9.90. The van der Waals surface area contributed by atoms with Crippen molar-refractivity contribution in [2.75, 3.05) is 0 Å². The molecule has 0 amide bonds. The highest BCUT2D eigenvalue weighted by atomic mass is 32.2. The number of rotatable bonds is 3. The molecule has 0 fully saturated rings. The van der Waals surface area contributed by atoms with Gasteiger partial charge in [-0.05, 0) is 26.0 Å².